The number of carbonyl (C=O) groups is 2. The van der Waals surface area contributed by atoms with E-state index >= 15 is 0 Å². The molecule has 0 bridgehead atoms. The second kappa shape index (κ2) is 17.2. The number of unbranched alkanes of at least 4 members (excludes halogenated alkanes) is 11. The highest BCUT2D eigenvalue weighted by molar-refractivity contribution is 7.85. The van der Waals surface area contributed by atoms with Crippen LogP contribution in [0.1, 0.15) is 96.8 Å². The molecule has 7 nitrogen and oxygen atoms in total. The SMILES string of the molecule is CC(F)(F)C(OC(=O)CCCCCCCCCCCCCCC(=O)OC(CS(=O)(=O)O)C(F)(F)F)C(F)(F)F. The molecule has 0 radical (unpaired) electrons. The van der Waals surface area contributed by atoms with Gasteiger partial charge in [-0.15, -0.1) is 0 Å². The van der Waals surface area contributed by atoms with Gasteiger partial charge in [0, 0.05) is 19.8 Å². The first-order valence-electron chi connectivity index (χ1n) is 12.6. The van der Waals surface area contributed by atoms with Crippen LogP contribution in [0.25, 0.3) is 0 Å². The summed E-state index contributed by atoms with van der Waals surface area (Å²) >= 11 is 0. The molecule has 0 rings (SSSR count). The van der Waals surface area contributed by atoms with Crippen LogP contribution in [0.3, 0.4) is 0 Å². The molecular formula is C23H36F8O7S. The van der Waals surface area contributed by atoms with Gasteiger partial charge in [0.1, 0.15) is 5.75 Å². The van der Waals surface area contributed by atoms with Crippen molar-refractivity contribution in [3.05, 3.63) is 0 Å². The molecule has 39 heavy (non-hydrogen) atoms. The van der Waals surface area contributed by atoms with Crippen LogP contribution < -0.4 is 0 Å². The van der Waals surface area contributed by atoms with Crippen LogP contribution >= 0.6 is 0 Å². The zero-order valence-electron chi connectivity index (χ0n) is 21.6. The molecule has 2 atom stereocenters. The molecule has 0 aliphatic heterocycles. The molecule has 16 heteroatoms. The van der Waals surface area contributed by atoms with E-state index < -0.39 is 58.3 Å². The lowest BCUT2D eigenvalue weighted by atomic mass is 10.0. The highest BCUT2D eigenvalue weighted by Gasteiger charge is 2.56. The summed E-state index contributed by atoms with van der Waals surface area (Å²) in [5.74, 6) is -8.52. The monoisotopic (exact) mass is 608 g/mol. The van der Waals surface area contributed by atoms with E-state index in [-0.39, 0.29) is 32.6 Å². The standard InChI is InChI=1S/C23H36F8O7S/c1-21(24,25)20(23(29,30)31)38-19(33)15-13-11-9-7-5-3-2-4-6-8-10-12-14-18(32)37-17(22(26,27)28)16-39(34,35)36/h17,20H,2-16H2,1H3,(H,34,35,36). The minimum atomic E-state index is -5.36. The van der Waals surface area contributed by atoms with Gasteiger partial charge in [0.2, 0.25) is 6.10 Å². The first-order valence-corrected chi connectivity index (χ1v) is 14.2. The van der Waals surface area contributed by atoms with Crippen molar-refractivity contribution in [1.29, 1.82) is 0 Å². The number of hydrogen-bond donors (Lipinski definition) is 1. The molecule has 0 heterocycles. The van der Waals surface area contributed by atoms with Gasteiger partial charge in [0.25, 0.3) is 22.1 Å². The third kappa shape index (κ3) is 19.9. The molecule has 0 amide bonds. The van der Waals surface area contributed by atoms with E-state index in [2.05, 4.69) is 9.47 Å². The molecule has 0 saturated heterocycles. The van der Waals surface area contributed by atoms with Crippen molar-refractivity contribution in [1.82, 2.24) is 0 Å². The van der Waals surface area contributed by atoms with Crippen molar-refractivity contribution in [3.63, 3.8) is 0 Å². The zero-order chi connectivity index (χ0) is 30.3. The summed E-state index contributed by atoms with van der Waals surface area (Å²) in [6.45, 7) is 0.0389. The average molecular weight is 609 g/mol. The lowest BCUT2D eigenvalue weighted by molar-refractivity contribution is -0.273. The zero-order valence-corrected chi connectivity index (χ0v) is 22.4. The Morgan fingerprint density at radius 2 is 0.974 bits per heavy atom. The van der Waals surface area contributed by atoms with E-state index in [0.717, 1.165) is 51.4 Å². The van der Waals surface area contributed by atoms with Gasteiger partial charge in [-0.25, -0.2) is 8.78 Å². The molecule has 0 aromatic heterocycles. The van der Waals surface area contributed by atoms with Crippen molar-refractivity contribution >= 4 is 22.1 Å². The Labute approximate surface area is 222 Å². The van der Waals surface area contributed by atoms with E-state index in [9.17, 15) is 53.1 Å². The number of ether oxygens (including phenoxy) is 2. The van der Waals surface area contributed by atoms with Crippen LogP contribution in [0.5, 0.6) is 0 Å². The largest absolute Gasteiger partial charge is 0.451 e. The van der Waals surface area contributed by atoms with Gasteiger partial charge in [0.05, 0.1) is 0 Å². The Morgan fingerprint density at radius 3 is 1.26 bits per heavy atom. The molecule has 232 valence electrons. The van der Waals surface area contributed by atoms with Gasteiger partial charge in [-0.2, -0.15) is 34.8 Å². The fraction of sp³-hybridized carbons (Fsp3) is 0.913. The minimum absolute atomic E-state index is 0.0389. The fourth-order valence-electron chi connectivity index (χ4n) is 3.56. The Bertz CT molecular complexity index is 810. The lowest BCUT2D eigenvalue weighted by Gasteiger charge is -2.25. The van der Waals surface area contributed by atoms with Crippen LogP contribution in [-0.2, 0) is 29.2 Å². The van der Waals surface area contributed by atoms with Crippen LogP contribution in [0.15, 0.2) is 0 Å². The molecule has 0 aliphatic rings. The minimum Gasteiger partial charge on any atom is -0.451 e. The number of halogens is 8. The summed E-state index contributed by atoms with van der Waals surface area (Å²) < 4.78 is 140. The third-order valence-electron chi connectivity index (χ3n) is 5.52. The molecule has 2 unspecified atom stereocenters. The van der Waals surface area contributed by atoms with Crippen molar-refractivity contribution in [2.24, 2.45) is 0 Å². The Kier molecular flexibility index (Phi) is 16.4. The smallest absolute Gasteiger partial charge is 0.431 e. The molecule has 0 aliphatic carbocycles. The second-order valence-corrected chi connectivity index (χ2v) is 10.9. The number of carbonyl (C=O) groups excluding carboxylic acids is 2. The summed E-state index contributed by atoms with van der Waals surface area (Å²) in [5.41, 5.74) is 0. The molecule has 0 aromatic carbocycles. The van der Waals surface area contributed by atoms with Crippen molar-refractivity contribution < 1.29 is 67.2 Å². The maximum absolute atomic E-state index is 13.0. The first-order chi connectivity index (χ1) is 17.7. The lowest BCUT2D eigenvalue weighted by Crippen LogP contribution is -2.46. The van der Waals surface area contributed by atoms with Crippen LogP contribution in [-0.4, -0.2) is 61.1 Å². The van der Waals surface area contributed by atoms with Crippen molar-refractivity contribution in [3.8, 4) is 0 Å². The van der Waals surface area contributed by atoms with E-state index in [1.54, 1.807) is 0 Å². The van der Waals surface area contributed by atoms with Crippen LogP contribution in [0.4, 0.5) is 35.1 Å². The summed E-state index contributed by atoms with van der Waals surface area (Å²) in [7, 11) is -4.98. The van der Waals surface area contributed by atoms with Gasteiger partial charge >= 0.3 is 24.3 Å². The fourth-order valence-corrected chi connectivity index (χ4v) is 4.20. The predicted molar refractivity (Wildman–Crippen MR) is 124 cm³/mol. The number of alkyl halides is 8. The van der Waals surface area contributed by atoms with E-state index in [1.807, 2.05) is 0 Å². The summed E-state index contributed by atoms with van der Waals surface area (Å²) in [4.78, 5) is 23.0. The number of esters is 2. The Morgan fingerprint density at radius 1 is 0.641 bits per heavy atom. The Hall–Kier alpha value is -1.71. The topological polar surface area (TPSA) is 107 Å². The Balaban J connectivity index is 3.79. The summed E-state index contributed by atoms with van der Waals surface area (Å²) in [6, 6.07) is 0. The summed E-state index contributed by atoms with van der Waals surface area (Å²) in [6.07, 6.45) is -9.26. The van der Waals surface area contributed by atoms with Crippen LogP contribution in [0, 0.1) is 0 Å². The maximum Gasteiger partial charge on any atom is 0.431 e. The maximum atomic E-state index is 13.0. The molecule has 1 N–H and O–H groups in total. The van der Waals surface area contributed by atoms with Gasteiger partial charge in [0.15, 0.2) is 0 Å². The second-order valence-electron chi connectivity index (χ2n) is 9.38. The average Bonchev–Trinajstić information content (AvgIpc) is 2.74. The van der Waals surface area contributed by atoms with E-state index in [0.29, 0.717) is 12.8 Å². The van der Waals surface area contributed by atoms with Crippen LogP contribution in [0.2, 0.25) is 0 Å². The van der Waals surface area contributed by atoms with Gasteiger partial charge in [-0.05, 0) is 12.8 Å². The van der Waals surface area contributed by atoms with E-state index in [4.69, 9.17) is 4.55 Å². The molecule has 0 saturated carbocycles. The predicted octanol–water partition coefficient (Wildman–Crippen LogP) is 6.94. The molecule has 0 fully saturated rings. The highest BCUT2D eigenvalue weighted by Crippen LogP contribution is 2.34. The van der Waals surface area contributed by atoms with Gasteiger partial charge in [-0.1, -0.05) is 64.2 Å². The van der Waals surface area contributed by atoms with Gasteiger partial charge in [-0.3, -0.25) is 14.1 Å². The third-order valence-corrected chi connectivity index (χ3v) is 6.24. The molecule has 0 aromatic rings. The number of rotatable bonds is 20. The van der Waals surface area contributed by atoms with Gasteiger partial charge < -0.3 is 9.47 Å². The highest BCUT2D eigenvalue weighted by atomic mass is 32.2. The molecular weight excluding hydrogens is 572 g/mol. The normalized spacial score (nSPS) is 14.6. The molecule has 0 spiro atoms. The number of hydrogen-bond acceptors (Lipinski definition) is 6. The van der Waals surface area contributed by atoms with E-state index in [1.165, 1.54) is 0 Å². The first kappa shape index (κ1) is 37.3. The van der Waals surface area contributed by atoms with Crippen molar-refractivity contribution in [2.45, 2.75) is 127 Å². The summed E-state index contributed by atoms with van der Waals surface area (Å²) in [5, 5.41) is 0. The quantitative estimate of drug-likeness (QED) is 0.0691. The van der Waals surface area contributed by atoms with Crippen molar-refractivity contribution in [2.75, 3.05) is 5.75 Å².